The van der Waals surface area contributed by atoms with Gasteiger partial charge in [0.15, 0.2) is 5.82 Å². The molecule has 0 fully saturated rings. The number of carbonyl (C=O) groups is 1. The monoisotopic (exact) mass is 371 g/mol. The number of fused-ring (bicyclic) bond motifs is 1. The van der Waals surface area contributed by atoms with Crippen molar-refractivity contribution in [3.63, 3.8) is 0 Å². The first-order valence-corrected chi connectivity index (χ1v) is 8.96. The summed E-state index contributed by atoms with van der Waals surface area (Å²) in [6.45, 7) is 7.99. The molecule has 26 heavy (non-hydrogen) atoms. The molecule has 1 atom stereocenters. The lowest BCUT2D eigenvalue weighted by molar-refractivity contribution is -0.121. The maximum absolute atomic E-state index is 12.5. The second-order valence-electron chi connectivity index (χ2n) is 6.80. The smallest absolute Gasteiger partial charge is 0.252 e. The van der Waals surface area contributed by atoms with Crippen LogP contribution in [0.15, 0.2) is 30.3 Å². The third-order valence-corrected chi connectivity index (χ3v) is 4.45. The zero-order valence-corrected chi connectivity index (χ0v) is 16.1. The Balaban J connectivity index is 1.76. The second-order valence-corrected chi connectivity index (χ2v) is 7.23. The topological polar surface area (TPSA) is 72.2 Å². The highest BCUT2D eigenvalue weighted by Gasteiger charge is 2.20. The SMILES string of the molecule is Cc1cc(C)n2nc(CC(=O)NC(c3ccc(Cl)cc3)C(C)C)nc2n1. The van der Waals surface area contributed by atoms with Gasteiger partial charge in [-0.1, -0.05) is 37.6 Å². The lowest BCUT2D eigenvalue weighted by atomic mass is 9.96. The van der Waals surface area contributed by atoms with Crippen LogP contribution in [0, 0.1) is 19.8 Å². The van der Waals surface area contributed by atoms with E-state index in [4.69, 9.17) is 11.6 Å². The predicted molar refractivity (Wildman–Crippen MR) is 101 cm³/mol. The maximum Gasteiger partial charge on any atom is 0.252 e. The highest BCUT2D eigenvalue weighted by molar-refractivity contribution is 6.30. The van der Waals surface area contributed by atoms with E-state index >= 15 is 0 Å². The van der Waals surface area contributed by atoms with E-state index in [2.05, 4.69) is 34.2 Å². The Bertz CT molecular complexity index is 933. The van der Waals surface area contributed by atoms with Crippen molar-refractivity contribution in [2.24, 2.45) is 5.92 Å². The van der Waals surface area contributed by atoms with Crippen LogP contribution in [0.5, 0.6) is 0 Å². The summed E-state index contributed by atoms with van der Waals surface area (Å²) in [5, 5.41) is 8.15. The largest absolute Gasteiger partial charge is 0.349 e. The van der Waals surface area contributed by atoms with Gasteiger partial charge >= 0.3 is 0 Å². The molecule has 7 heteroatoms. The predicted octanol–water partition coefficient (Wildman–Crippen LogP) is 3.45. The minimum absolute atomic E-state index is 0.0982. The zero-order valence-electron chi connectivity index (χ0n) is 15.3. The number of hydrogen-bond acceptors (Lipinski definition) is 4. The third-order valence-electron chi connectivity index (χ3n) is 4.19. The van der Waals surface area contributed by atoms with Gasteiger partial charge in [0.05, 0.1) is 12.5 Å². The van der Waals surface area contributed by atoms with E-state index in [-0.39, 0.29) is 24.3 Å². The first-order chi connectivity index (χ1) is 12.3. The number of hydrogen-bond donors (Lipinski definition) is 1. The molecule has 0 aliphatic heterocycles. The van der Waals surface area contributed by atoms with Crippen LogP contribution in [0.2, 0.25) is 5.02 Å². The number of nitrogens with one attached hydrogen (secondary N) is 1. The fraction of sp³-hybridized carbons (Fsp3) is 0.368. The van der Waals surface area contributed by atoms with Gasteiger partial charge in [0.1, 0.15) is 0 Å². The van der Waals surface area contributed by atoms with E-state index < -0.39 is 0 Å². The molecule has 6 nitrogen and oxygen atoms in total. The minimum atomic E-state index is -0.121. The summed E-state index contributed by atoms with van der Waals surface area (Å²) < 4.78 is 1.66. The lowest BCUT2D eigenvalue weighted by Crippen LogP contribution is -2.33. The van der Waals surface area contributed by atoms with Crippen molar-refractivity contribution in [1.29, 1.82) is 0 Å². The van der Waals surface area contributed by atoms with E-state index in [1.54, 1.807) is 4.52 Å². The van der Waals surface area contributed by atoms with Crippen LogP contribution in [-0.4, -0.2) is 25.5 Å². The molecule has 1 amide bonds. The maximum atomic E-state index is 12.5. The zero-order chi connectivity index (χ0) is 18.8. The summed E-state index contributed by atoms with van der Waals surface area (Å²) in [4.78, 5) is 21.3. The molecule has 3 aromatic rings. The molecule has 2 heterocycles. The second kappa shape index (κ2) is 7.41. The van der Waals surface area contributed by atoms with Crippen molar-refractivity contribution in [3.05, 3.63) is 58.1 Å². The number of amides is 1. The van der Waals surface area contributed by atoms with Crippen molar-refractivity contribution < 1.29 is 4.79 Å². The lowest BCUT2D eigenvalue weighted by Gasteiger charge is -2.22. The van der Waals surface area contributed by atoms with Gasteiger partial charge in [-0.3, -0.25) is 4.79 Å². The first kappa shape index (κ1) is 18.3. The van der Waals surface area contributed by atoms with Gasteiger partial charge in [0.2, 0.25) is 5.91 Å². The molecule has 1 unspecified atom stereocenters. The molecule has 0 saturated carbocycles. The summed E-state index contributed by atoms with van der Waals surface area (Å²) >= 11 is 5.96. The Hall–Kier alpha value is -2.47. The quantitative estimate of drug-likeness (QED) is 0.745. The number of rotatable bonds is 5. The van der Waals surface area contributed by atoms with Crippen molar-refractivity contribution in [2.45, 2.75) is 40.2 Å². The van der Waals surface area contributed by atoms with E-state index in [0.29, 0.717) is 16.6 Å². The van der Waals surface area contributed by atoms with Crippen molar-refractivity contribution >= 4 is 23.3 Å². The third kappa shape index (κ3) is 4.02. The Kier molecular flexibility index (Phi) is 5.23. The Morgan fingerprint density at radius 2 is 1.88 bits per heavy atom. The molecule has 0 saturated heterocycles. The Morgan fingerprint density at radius 1 is 1.19 bits per heavy atom. The summed E-state index contributed by atoms with van der Waals surface area (Å²) in [7, 11) is 0. The molecule has 1 aromatic carbocycles. The number of benzene rings is 1. The van der Waals surface area contributed by atoms with Crippen LogP contribution in [0.4, 0.5) is 0 Å². The molecule has 1 N–H and O–H groups in total. The molecule has 3 rings (SSSR count). The van der Waals surface area contributed by atoms with Gasteiger partial charge in [0.25, 0.3) is 5.78 Å². The molecule has 0 radical (unpaired) electrons. The molecule has 0 aliphatic rings. The van der Waals surface area contributed by atoms with Crippen molar-refractivity contribution in [3.8, 4) is 0 Å². The van der Waals surface area contributed by atoms with Gasteiger partial charge < -0.3 is 5.32 Å². The van der Waals surface area contributed by atoms with Crippen LogP contribution < -0.4 is 5.32 Å². The highest BCUT2D eigenvalue weighted by Crippen LogP contribution is 2.23. The van der Waals surface area contributed by atoms with Gasteiger partial charge in [-0.2, -0.15) is 4.98 Å². The number of nitrogens with zero attached hydrogens (tertiary/aromatic N) is 4. The molecule has 136 valence electrons. The molecule has 2 aromatic heterocycles. The van der Waals surface area contributed by atoms with Crippen LogP contribution >= 0.6 is 11.6 Å². The van der Waals surface area contributed by atoms with Gasteiger partial charge in [-0.15, -0.1) is 5.10 Å². The fourth-order valence-corrected chi connectivity index (χ4v) is 3.08. The number of halogens is 1. The molecular formula is C19H22ClN5O. The normalized spacial score (nSPS) is 12.5. The summed E-state index contributed by atoms with van der Waals surface area (Å²) in [6.07, 6.45) is 0.110. The number of carbonyl (C=O) groups excluding carboxylic acids is 1. The highest BCUT2D eigenvalue weighted by atomic mass is 35.5. The van der Waals surface area contributed by atoms with Gasteiger partial charge in [-0.05, 0) is 43.5 Å². The molecule has 0 bridgehead atoms. The van der Waals surface area contributed by atoms with Crippen LogP contribution in [0.3, 0.4) is 0 Å². The fourth-order valence-electron chi connectivity index (χ4n) is 2.96. The molecule has 0 aliphatic carbocycles. The van der Waals surface area contributed by atoms with E-state index in [1.165, 1.54) is 0 Å². The average molecular weight is 372 g/mol. The summed E-state index contributed by atoms with van der Waals surface area (Å²) in [5.74, 6) is 1.09. The minimum Gasteiger partial charge on any atom is -0.349 e. The van der Waals surface area contributed by atoms with Gasteiger partial charge in [0, 0.05) is 16.4 Å². The average Bonchev–Trinajstić information content (AvgIpc) is 2.96. The first-order valence-electron chi connectivity index (χ1n) is 8.58. The summed E-state index contributed by atoms with van der Waals surface area (Å²) in [5.41, 5.74) is 2.84. The standard InChI is InChI=1S/C19H22ClN5O/c1-11(2)18(14-5-7-15(20)8-6-14)23-17(26)10-16-22-19-21-12(3)9-13(4)25(19)24-16/h5-9,11,18H,10H2,1-4H3,(H,23,26). The van der Waals surface area contributed by atoms with Crippen LogP contribution in [-0.2, 0) is 11.2 Å². The van der Waals surface area contributed by atoms with E-state index in [1.807, 2.05) is 44.2 Å². The van der Waals surface area contributed by atoms with E-state index in [0.717, 1.165) is 17.0 Å². The van der Waals surface area contributed by atoms with Gasteiger partial charge in [-0.25, -0.2) is 9.50 Å². The number of aryl methyl sites for hydroxylation is 2. The van der Waals surface area contributed by atoms with E-state index in [9.17, 15) is 4.79 Å². The number of aromatic nitrogens is 4. The van der Waals surface area contributed by atoms with Crippen LogP contribution in [0.25, 0.3) is 5.78 Å². The summed E-state index contributed by atoms with van der Waals surface area (Å²) in [6, 6.07) is 9.37. The van der Waals surface area contributed by atoms with Crippen LogP contribution in [0.1, 0.15) is 42.7 Å². The Morgan fingerprint density at radius 3 is 2.54 bits per heavy atom. The van der Waals surface area contributed by atoms with Crippen molar-refractivity contribution in [2.75, 3.05) is 0 Å². The molecule has 0 spiro atoms. The molecular weight excluding hydrogens is 350 g/mol. The Labute approximate surface area is 157 Å². The van der Waals surface area contributed by atoms with Crippen molar-refractivity contribution in [1.82, 2.24) is 24.9 Å².